The molecule has 1 aromatic rings. The molecule has 0 saturated carbocycles. The molecule has 0 aliphatic rings. The average molecular weight is 262 g/mol. The van der Waals surface area contributed by atoms with Crippen LogP contribution < -0.4 is 5.32 Å². The molecule has 1 rings (SSSR count). The lowest BCUT2D eigenvalue weighted by molar-refractivity contribution is 0.0942. The maximum atomic E-state index is 3.53. The van der Waals surface area contributed by atoms with E-state index in [0.29, 0.717) is 24.0 Å². The highest BCUT2D eigenvalue weighted by Gasteiger charge is 2.30. The van der Waals surface area contributed by atoms with Crippen molar-refractivity contribution in [1.29, 1.82) is 0 Å². The van der Waals surface area contributed by atoms with Crippen LogP contribution in [0.1, 0.15) is 46.2 Å². The van der Waals surface area contributed by atoms with Crippen LogP contribution in [-0.2, 0) is 0 Å². The minimum atomic E-state index is 0.378. The molecule has 0 saturated heterocycles. The molecule has 0 radical (unpaired) electrons. The summed E-state index contributed by atoms with van der Waals surface area (Å²) in [5.74, 6) is 0.611. The van der Waals surface area contributed by atoms with E-state index < -0.39 is 0 Å². The molecule has 19 heavy (non-hydrogen) atoms. The van der Waals surface area contributed by atoms with Gasteiger partial charge in [0.2, 0.25) is 0 Å². The molecule has 2 nitrogen and oxygen atoms in total. The molecule has 0 amide bonds. The smallest absolute Gasteiger partial charge is 0.0478 e. The SMILES string of the molecule is CCN(C(C)C)C(C(C)C)C(NC)c1ccccc1. The van der Waals surface area contributed by atoms with Gasteiger partial charge in [0.1, 0.15) is 0 Å². The summed E-state index contributed by atoms with van der Waals surface area (Å²) in [5, 5.41) is 3.53. The van der Waals surface area contributed by atoms with Crippen LogP contribution in [0, 0.1) is 5.92 Å². The second-order valence-corrected chi connectivity index (χ2v) is 5.84. The number of hydrogen-bond acceptors (Lipinski definition) is 2. The Morgan fingerprint density at radius 2 is 1.63 bits per heavy atom. The molecule has 2 atom stereocenters. The Kier molecular flexibility index (Phi) is 6.53. The molecule has 0 aromatic heterocycles. The standard InChI is InChI=1S/C17H30N2/c1-7-19(14(4)5)17(13(2)3)16(18-6)15-11-9-8-10-12-15/h8-14,16-18H,7H2,1-6H3. The zero-order chi connectivity index (χ0) is 14.4. The third-order valence-electron chi connectivity index (χ3n) is 3.91. The van der Waals surface area contributed by atoms with Crippen LogP contribution in [0.4, 0.5) is 0 Å². The van der Waals surface area contributed by atoms with E-state index in [9.17, 15) is 0 Å². The van der Waals surface area contributed by atoms with Crippen molar-refractivity contribution in [2.75, 3.05) is 13.6 Å². The number of hydrogen-bond donors (Lipinski definition) is 1. The van der Waals surface area contributed by atoms with Gasteiger partial charge in [-0.3, -0.25) is 4.90 Å². The van der Waals surface area contributed by atoms with Gasteiger partial charge in [0.25, 0.3) is 0 Å². The van der Waals surface area contributed by atoms with Gasteiger partial charge in [-0.25, -0.2) is 0 Å². The molecule has 1 aromatic carbocycles. The normalized spacial score (nSPS) is 15.2. The van der Waals surface area contributed by atoms with E-state index >= 15 is 0 Å². The molecular weight excluding hydrogens is 232 g/mol. The van der Waals surface area contributed by atoms with E-state index in [1.165, 1.54) is 5.56 Å². The molecule has 1 N–H and O–H groups in total. The van der Waals surface area contributed by atoms with Crippen molar-refractivity contribution in [2.45, 2.75) is 52.7 Å². The summed E-state index contributed by atoms with van der Waals surface area (Å²) in [7, 11) is 2.07. The van der Waals surface area contributed by atoms with E-state index in [1.807, 2.05) is 0 Å². The fraction of sp³-hybridized carbons (Fsp3) is 0.647. The number of rotatable bonds is 7. The molecule has 2 heteroatoms. The first-order valence-corrected chi connectivity index (χ1v) is 7.50. The minimum Gasteiger partial charge on any atom is -0.312 e. The van der Waals surface area contributed by atoms with Gasteiger partial charge in [-0.2, -0.15) is 0 Å². The Balaban J connectivity index is 3.08. The second-order valence-electron chi connectivity index (χ2n) is 5.84. The molecular formula is C17H30N2. The largest absolute Gasteiger partial charge is 0.312 e. The molecule has 2 unspecified atom stereocenters. The lowest BCUT2D eigenvalue weighted by Crippen LogP contribution is -2.49. The average Bonchev–Trinajstić information content (AvgIpc) is 2.39. The van der Waals surface area contributed by atoms with Crippen molar-refractivity contribution >= 4 is 0 Å². The Hall–Kier alpha value is -0.860. The van der Waals surface area contributed by atoms with E-state index in [4.69, 9.17) is 0 Å². The fourth-order valence-corrected chi connectivity index (χ4v) is 3.07. The summed E-state index contributed by atoms with van der Waals surface area (Å²) in [6, 6.07) is 12.2. The van der Waals surface area contributed by atoms with Crippen LogP contribution in [0.3, 0.4) is 0 Å². The van der Waals surface area contributed by atoms with Crippen LogP contribution in [0.2, 0.25) is 0 Å². The second kappa shape index (κ2) is 7.66. The number of nitrogens with zero attached hydrogens (tertiary/aromatic N) is 1. The molecule has 0 fully saturated rings. The van der Waals surface area contributed by atoms with Gasteiger partial charge < -0.3 is 5.32 Å². The topological polar surface area (TPSA) is 15.3 Å². The Labute approximate surface area is 119 Å². The zero-order valence-corrected chi connectivity index (χ0v) is 13.4. The van der Waals surface area contributed by atoms with E-state index in [0.717, 1.165) is 6.54 Å². The fourth-order valence-electron chi connectivity index (χ4n) is 3.07. The van der Waals surface area contributed by atoms with Gasteiger partial charge in [-0.15, -0.1) is 0 Å². The highest BCUT2D eigenvalue weighted by atomic mass is 15.2. The lowest BCUT2D eigenvalue weighted by atomic mass is 9.89. The van der Waals surface area contributed by atoms with Gasteiger partial charge in [-0.1, -0.05) is 51.1 Å². The van der Waals surface area contributed by atoms with E-state index in [-0.39, 0.29) is 0 Å². The highest BCUT2D eigenvalue weighted by Crippen LogP contribution is 2.27. The van der Waals surface area contributed by atoms with Gasteiger partial charge in [0, 0.05) is 18.1 Å². The summed E-state index contributed by atoms with van der Waals surface area (Å²) in [5.41, 5.74) is 1.38. The third kappa shape index (κ3) is 4.05. The molecule has 108 valence electrons. The van der Waals surface area contributed by atoms with Crippen LogP contribution in [0.5, 0.6) is 0 Å². The summed E-state index contributed by atoms with van der Waals surface area (Å²) >= 11 is 0. The predicted molar refractivity (Wildman–Crippen MR) is 84.4 cm³/mol. The first kappa shape index (κ1) is 16.2. The summed E-state index contributed by atoms with van der Waals surface area (Å²) < 4.78 is 0. The molecule has 0 aliphatic heterocycles. The minimum absolute atomic E-state index is 0.378. The number of likely N-dealkylation sites (N-methyl/N-ethyl adjacent to an activating group) is 2. The van der Waals surface area contributed by atoms with Gasteiger partial charge in [0.05, 0.1) is 0 Å². The number of nitrogens with one attached hydrogen (secondary N) is 1. The van der Waals surface area contributed by atoms with Crippen molar-refractivity contribution in [3.05, 3.63) is 35.9 Å². The third-order valence-corrected chi connectivity index (χ3v) is 3.91. The van der Waals surface area contributed by atoms with E-state index in [1.54, 1.807) is 0 Å². The summed E-state index contributed by atoms with van der Waals surface area (Å²) in [4.78, 5) is 2.60. The Bertz CT molecular complexity index is 346. The van der Waals surface area contributed by atoms with Crippen molar-refractivity contribution in [1.82, 2.24) is 10.2 Å². The van der Waals surface area contributed by atoms with Gasteiger partial charge in [-0.05, 0) is 38.9 Å². The lowest BCUT2D eigenvalue weighted by Gasteiger charge is -2.41. The quantitative estimate of drug-likeness (QED) is 0.806. The monoisotopic (exact) mass is 262 g/mol. The molecule has 0 spiro atoms. The van der Waals surface area contributed by atoms with Crippen molar-refractivity contribution in [2.24, 2.45) is 5.92 Å². The predicted octanol–water partition coefficient (Wildman–Crippen LogP) is 3.70. The van der Waals surface area contributed by atoms with Crippen molar-refractivity contribution in [3.8, 4) is 0 Å². The summed E-state index contributed by atoms with van der Waals surface area (Å²) in [6.45, 7) is 12.6. The van der Waals surface area contributed by atoms with Crippen LogP contribution in [0.15, 0.2) is 30.3 Å². The van der Waals surface area contributed by atoms with Crippen molar-refractivity contribution in [3.63, 3.8) is 0 Å². The van der Waals surface area contributed by atoms with Crippen LogP contribution in [0.25, 0.3) is 0 Å². The molecule has 0 bridgehead atoms. The highest BCUT2D eigenvalue weighted by molar-refractivity contribution is 5.21. The first-order valence-electron chi connectivity index (χ1n) is 7.50. The molecule has 0 heterocycles. The van der Waals surface area contributed by atoms with Crippen LogP contribution in [-0.4, -0.2) is 30.6 Å². The first-order chi connectivity index (χ1) is 9.02. The van der Waals surface area contributed by atoms with Crippen molar-refractivity contribution < 1.29 is 0 Å². The Morgan fingerprint density at radius 3 is 2.00 bits per heavy atom. The van der Waals surface area contributed by atoms with E-state index in [2.05, 4.69) is 82.2 Å². The summed E-state index contributed by atoms with van der Waals surface area (Å²) in [6.07, 6.45) is 0. The van der Waals surface area contributed by atoms with Crippen LogP contribution >= 0.6 is 0 Å². The number of benzene rings is 1. The molecule has 0 aliphatic carbocycles. The maximum Gasteiger partial charge on any atom is 0.0478 e. The zero-order valence-electron chi connectivity index (χ0n) is 13.4. The van der Waals surface area contributed by atoms with Gasteiger partial charge in [0.15, 0.2) is 0 Å². The maximum absolute atomic E-state index is 3.53. The van der Waals surface area contributed by atoms with Gasteiger partial charge >= 0.3 is 0 Å². The Morgan fingerprint density at radius 1 is 1.05 bits per heavy atom.